The minimum absolute atomic E-state index is 0.132. The number of nitrogens with two attached hydrogens (primary N) is 1. The summed E-state index contributed by atoms with van der Waals surface area (Å²) in [7, 11) is 1.72. The van der Waals surface area contributed by atoms with E-state index in [9.17, 15) is 0 Å². The van der Waals surface area contributed by atoms with Crippen LogP contribution >= 0.6 is 0 Å². The van der Waals surface area contributed by atoms with E-state index in [1.807, 2.05) is 0 Å². The fourth-order valence-electron chi connectivity index (χ4n) is 2.32. The number of rotatable bonds is 6. The van der Waals surface area contributed by atoms with E-state index in [1.54, 1.807) is 7.11 Å². The minimum Gasteiger partial charge on any atom is -0.496 e. The fraction of sp³-hybridized carbons (Fsp3) is 0.600. The second kappa shape index (κ2) is 5.90. The van der Waals surface area contributed by atoms with Crippen LogP contribution in [0.25, 0.3) is 0 Å². The van der Waals surface area contributed by atoms with E-state index >= 15 is 0 Å². The van der Waals surface area contributed by atoms with Gasteiger partial charge in [0.1, 0.15) is 5.75 Å². The summed E-state index contributed by atoms with van der Waals surface area (Å²) >= 11 is 0. The van der Waals surface area contributed by atoms with Gasteiger partial charge in [-0.2, -0.15) is 0 Å². The third kappa shape index (κ3) is 3.08. The first kappa shape index (κ1) is 14.3. The summed E-state index contributed by atoms with van der Waals surface area (Å²) in [6.45, 7) is 8.11. The maximum atomic E-state index is 5.80. The Morgan fingerprint density at radius 1 is 1.32 bits per heavy atom. The van der Waals surface area contributed by atoms with Crippen molar-refractivity contribution in [2.75, 3.05) is 33.4 Å². The van der Waals surface area contributed by atoms with Crippen LogP contribution in [-0.4, -0.2) is 33.4 Å². The molecule has 1 aliphatic heterocycles. The Bertz CT molecular complexity index is 437. The maximum Gasteiger partial charge on any atom is 0.123 e. The standard InChI is InChI=1S/C15H24N2O2/c1-11-4-13(14(18-3)5-12(11)2)6-17-8-15(7-16)9-19-10-15/h4-5,17H,6-10,16H2,1-3H3. The van der Waals surface area contributed by atoms with Crippen LogP contribution in [0.15, 0.2) is 12.1 Å². The van der Waals surface area contributed by atoms with E-state index < -0.39 is 0 Å². The van der Waals surface area contributed by atoms with Gasteiger partial charge < -0.3 is 20.5 Å². The molecule has 106 valence electrons. The average Bonchev–Trinajstić information content (AvgIpc) is 2.36. The molecule has 4 heteroatoms. The monoisotopic (exact) mass is 264 g/mol. The number of nitrogens with one attached hydrogen (secondary N) is 1. The van der Waals surface area contributed by atoms with Crippen LogP contribution in [0.5, 0.6) is 5.75 Å². The minimum atomic E-state index is 0.132. The second-order valence-electron chi connectivity index (χ2n) is 5.55. The lowest BCUT2D eigenvalue weighted by molar-refractivity contribution is -0.105. The highest BCUT2D eigenvalue weighted by Crippen LogP contribution is 2.26. The molecule has 0 atom stereocenters. The van der Waals surface area contributed by atoms with E-state index in [4.69, 9.17) is 15.2 Å². The average molecular weight is 264 g/mol. The zero-order chi connectivity index (χ0) is 13.9. The highest BCUT2D eigenvalue weighted by Gasteiger charge is 2.36. The maximum absolute atomic E-state index is 5.80. The zero-order valence-corrected chi connectivity index (χ0v) is 12.1. The van der Waals surface area contributed by atoms with Crippen molar-refractivity contribution >= 4 is 0 Å². The molecule has 2 rings (SSSR count). The molecule has 0 aromatic heterocycles. The van der Waals surface area contributed by atoms with Gasteiger partial charge >= 0.3 is 0 Å². The third-order valence-corrected chi connectivity index (χ3v) is 3.96. The molecule has 0 radical (unpaired) electrons. The quantitative estimate of drug-likeness (QED) is 0.815. The summed E-state index contributed by atoms with van der Waals surface area (Å²) in [5.41, 5.74) is 9.67. The Hall–Kier alpha value is -1.10. The van der Waals surface area contributed by atoms with Crippen molar-refractivity contribution in [3.8, 4) is 5.75 Å². The van der Waals surface area contributed by atoms with Gasteiger partial charge in [-0.3, -0.25) is 0 Å². The third-order valence-electron chi connectivity index (χ3n) is 3.96. The van der Waals surface area contributed by atoms with Crippen molar-refractivity contribution in [3.63, 3.8) is 0 Å². The van der Waals surface area contributed by atoms with Crippen LogP contribution in [0.1, 0.15) is 16.7 Å². The molecule has 0 amide bonds. The van der Waals surface area contributed by atoms with E-state index in [2.05, 4.69) is 31.3 Å². The van der Waals surface area contributed by atoms with Crippen LogP contribution < -0.4 is 15.8 Å². The number of hydrogen-bond acceptors (Lipinski definition) is 4. The number of benzene rings is 1. The summed E-state index contributed by atoms with van der Waals surface area (Å²) in [6, 6.07) is 4.28. The lowest BCUT2D eigenvalue weighted by atomic mass is 9.86. The molecule has 19 heavy (non-hydrogen) atoms. The van der Waals surface area contributed by atoms with Gasteiger partial charge in [0.15, 0.2) is 0 Å². The lowest BCUT2D eigenvalue weighted by Crippen LogP contribution is -2.54. The molecule has 1 aromatic rings. The Labute approximate surface area is 115 Å². The number of aryl methyl sites for hydroxylation is 2. The molecule has 0 saturated carbocycles. The van der Waals surface area contributed by atoms with Crippen molar-refractivity contribution in [2.45, 2.75) is 20.4 Å². The molecule has 1 aromatic carbocycles. The van der Waals surface area contributed by atoms with Gasteiger partial charge in [-0.15, -0.1) is 0 Å². The van der Waals surface area contributed by atoms with Crippen LogP contribution in [0.4, 0.5) is 0 Å². The van der Waals surface area contributed by atoms with Crippen molar-refractivity contribution in [3.05, 3.63) is 28.8 Å². The number of hydrogen-bond donors (Lipinski definition) is 2. The van der Waals surface area contributed by atoms with Gasteiger partial charge in [-0.05, 0) is 31.0 Å². The van der Waals surface area contributed by atoms with E-state index in [1.165, 1.54) is 16.7 Å². The summed E-state index contributed by atoms with van der Waals surface area (Å²) in [6.07, 6.45) is 0. The molecule has 1 saturated heterocycles. The van der Waals surface area contributed by atoms with Crippen molar-refractivity contribution in [1.82, 2.24) is 5.32 Å². The molecule has 0 bridgehead atoms. The predicted octanol–water partition coefficient (Wildman–Crippen LogP) is 1.38. The topological polar surface area (TPSA) is 56.5 Å². The highest BCUT2D eigenvalue weighted by atomic mass is 16.5. The normalized spacial score (nSPS) is 17.1. The van der Waals surface area contributed by atoms with E-state index in [-0.39, 0.29) is 5.41 Å². The largest absolute Gasteiger partial charge is 0.496 e. The first-order chi connectivity index (χ1) is 9.10. The number of ether oxygens (including phenoxy) is 2. The molecule has 0 unspecified atom stereocenters. The van der Waals surface area contributed by atoms with Crippen molar-refractivity contribution in [1.29, 1.82) is 0 Å². The van der Waals surface area contributed by atoms with E-state index in [0.717, 1.165) is 32.1 Å². The molecule has 0 aliphatic carbocycles. The molecule has 1 fully saturated rings. The molecule has 1 heterocycles. The van der Waals surface area contributed by atoms with Gasteiger partial charge in [0.2, 0.25) is 0 Å². The molecule has 3 N–H and O–H groups in total. The van der Waals surface area contributed by atoms with Gasteiger partial charge in [0.25, 0.3) is 0 Å². The van der Waals surface area contributed by atoms with Gasteiger partial charge in [-0.1, -0.05) is 6.07 Å². The van der Waals surface area contributed by atoms with Crippen molar-refractivity contribution < 1.29 is 9.47 Å². The van der Waals surface area contributed by atoms with Crippen molar-refractivity contribution in [2.24, 2.45) is 11.1 Å². The first-order valence-electron chi connectivity index (χ1n) is 6.73. The zero-order valence-electron chi connectivity index (χ0n) is 12.1. The highest BCUT2D eigenvalue weighted by molar-refractivity contribution is 5.41. The SMILES string of the molecule is COc1cc(C)c(C)cc1CNCC1(CN)COC1. The Morgan fingerprint density at radius 3 is 2.53 bits per heavy atom. The van der Waals surface area contributed by atoms with Crippen LogP contribution in [0.2, 0.25) is 0 Å². The Kier molecular flexibility index (Phi) is 4.45. The fourth-order valence-corrected chi connectivity index (χ4v) is 2.32. The van der Waals surface area contributed by atoms with Gasteiger partial charge in [-0.25, -0.2) is 0 Å². The van der Waals surface area contributed by atoms with Gasteiger partial charge in [0, 0.05) is 30.6 Å². The Balaban J connectivity index is 1.97. The predicted molar refractivity (Wildman–Crippen MR) is 76.5 cm³/mol. The molecular formula is C15H24N2O2. The molecule has 1 aliphatic rings. The smallest absolute Gasteiger partial charge is 0.123 e. The second-order valence-corrected chi connectivity index (χ2v) is 5.55. The van der Waals surface area contributed by atoms with E-state index in [0.29, 0.717) is 6.54 Å². The lowest BCUT2D eigenvalue weighted by Gasteiger charge is -2.40. The number of methoxy groups -OCH3 is 1. The van der Waals surface area contributed by atoms with Crippen LogP contribution in [-0.2, 0) is 11.3 Å². The molecule has 4 nitrogen and oxygen atoms in total. The first-order valence-corrected chi connectivity index (χ1v) is 6.73. The summed E-state index contributed by atoms with van der Waals surface area (Å²) in [5.74, 6) is 0.947. The summed E-state index contributed by atoms with van der Waals surface area (Å²) in [4.78, 5) is 0. The summed E-state index contributed by atoms with van der Waals surface area (Å²) < 4.78 is 10.7. The van der Waals surface area contributed by atoms with Crippen LogP contribution in [0.3, 0.4) is 0 Å². The molecular weight excluding hydrogens is 240 g/mol. The van der Waals surface area contributed by atoms with Gasteiger partial charge in [0.05, 0.1) is 20.3 Å². The summed E-state index contributed by atoms with van der Waals surface area (Å²) in [5, 5.41) is 3.48. The molecule has 0 spiro atoms. The van der Waals surface area contributed by atoms with Crippen LogP contribution in [0, 0.1) is 19.3 Å². The Morgan fingerprint density at radius 2 is 2.00 bits per heavy atom.